The van der Waals surface area contributed by atoms with Crippen LogP contribution >= 0.6 is 0 Å². The highest BCUT2D eigenvalue weighted by Crippen LogP contribution is 2.26. The summed E-state index contributed by atoms with van der Waals surface area (Å²) >= 11 is 0. The molecule has 2 aromatic carbocycles. The Morgan fingerprint density at radius 1 is 1.13 bits per heavy atom. The van der Waals surface area contributed by atoms with Crippen LogP contribution in [0.25, 0.3) is 0 Å². The third-order valence-corrected chi connectivity index (χ3v) is 3.58. The predicted molar refractivity (Wildman–Crippen MR) is 87.2 cm³/mol. The average Bonchev–Trinajstić information content (AvgIpc) is 2.54. The minimum Gasteiger partial charge on any atom is -0.486 e. The summed E-state index contributed by atoms with van der Waals surface area (Å²) < 4.78 is 24.9. The quantitative estimate of drug-likeness (QED) is 0.577. The van der Waals surface area contributed by atoms with Crippen molar-refractivity contribution in [1.29, 1.82) is 0 Å². The Hall–Kier alpha value is -2.36. The Labute approximate surface area is 136 Å². The Morgan fingerprint density at radius 3 is 2.57 bits per heavy atom. The van der Waals surface area contributed by atoms with Gasteiger partial charge < -0.3 is 9.47 Å². The highest BCUT2D eigenvalue weighted by atomic mass is 19.1. The lowest BCUT2D eigenvalue weighted by Gasteiger charge is -2.15. The first-order valence-corrected chi connectivity index (χ1v) is 7.75. The first-order chi connectivity index (χ1) is 11.0. The number of hydrogen-bond donors (Lipinski definition) is 0. The summed E-state index contributed by atoms with van der Waals surface area (Å²) in [5.41, 5.74) is 2.62. The van der Waals surface area contributed by atoms with Crippen LogP contribution in [0.1, 0.15) is 37.0 Å². The fourth-order valence-corrected chi connectivity index (χ4v) is 2.27. The van der Waals surface area contributed by atoms with E-state index in [0.717, 1.165) is 23.1 Å². The summed E-state index contributed by atoms with van der Waals surface area (Å²) in [5.74, 6) is -0.0369. The molecule has 0 saturated heterocycles. The molecule has 0 aliphatic rings. The van der Waals surface area contributed by atoms with Crippen LogP contribution in [0, 0.1) is 12.7 Å². The van der Waals surface area contributed by atoms with Crippen LogP contribution in [0.15, 0.2) is 36.4 Å². The van der Waals surface area contributed by atoms with E-state index in [-0.39, 0.29) is 18.3 Å². The standard InChI is InChI=1S/C19H21FO3/c1-4-14-7-6-8-17(23-19(21)5-2)15(14)12-22-18-10-9-13(3)11-16(18)20/h6-11H,4-5,12H2,1-3H3. The minimum atomic E-state index is -0.397. The van der Waals surface area contributed by atoms with Gasteiger partial charge in [-0.15, -0.1) is 0 Å². The van der Waals surface area contributed by atoms with Gasteiger partial charge in [0.2, 0.25) is 0 Å². The van der Waals surface area contributed by atoms with Crippen molar-refractivity contribution in [3.05, 3.63) is 58.9 Å². The zero-order chi connectivity index (χ0) is 16.8. The topological polar surface area (TPSA) is 35.5 Å². The van der Waals surface area contributed by atoms with E-state index in [1.807, 2.05) is 26.0 Å². The molecule has 122 valence electrons. The maximum atomic E-state index is 13.9. The molecule has 0 N–H and O–H groups in total. The van der Waals surface area contributed by atoms with Crippen molar-refractivity contribution in [3.63, 3.8) is 0 Å². The number of hydrogen-bond acceptors (Lipinski definition) is 3. The molecule has 4 heteroatoms. The fourth-order valence-electron chi connectivity index (χ4n) is 2.27. The van der Waals surface area contributed by atoms with Gasteiger partial charge in [-0.2, -0.15) is 0 Å². The minimum absolute atomic E-state index is 0.149. The third kappa shape index (κ3) is 4.31. The fraction of sp³-hybridized carbons (Fsp3) is 0.316. The number of benzene rings is 2. The van der Waals surface area contributed by atoms with Crippen molar-refractivity contribution in [2.24, 2.45) is 0 Å². The first kappa shape index (κ1) is 17.0. The molecule has 0 aromatic heterocycles. The number of rotatable bonds is 6. The smallest absolute Gasteiger partial charge is 0.310 e. The second kappa shape index (κ2) is 7.77. The van der Waals surface area contributed by atoms with Crippen LogP contribution in [0.3, 0.4) is 0 Å². The van der Waals surface area contributed by atoms with Crippen LogP contribution in [-0.4, -0.2) is 5.97 Å². The van der Waals surface area contributed by atoms with E-state index in [4.69, 9.17) is 9.47 Å². The molecule has 0 fully saturated rings. The summed E-state index contributed by atoms with van der Waals surface area (Å²) in [4.78, 5) is 11.6. The number of carbonyl (C=O) groups is 1. The van der Waals surface area contributed by atoms with E-state index in [1.165, 1.54) is 6.07 Å². The Morgan fingerprint density at radius 2 is 1.91 bits per heavy atom. The van der Waals surface area contributed by atoms with Gasteiger partial charge in [0.15, 0.2) is 11.6 Å². The van der Waals surface area contributed by atoms with Gasteiger partial charge in [-0.3, -0.25) is 4.79 Å². The molecule has 0 unspecified atom stereocenters. The van der Waals surface area contributed by atoms with E-state index in [9.17, 15) is 9.18 Å². The van der Waals surface area contributed by atoms with Crippen molar-refractivity contribution in [2.45, 2.75) is 40.2 Å². The van der Waals surface area contributed by atoms with Crippen LogP contribution in [0.5, 0.6) is 11.5 Å². The summed E-state index contributed by atoms with van der Waals surface area (Å²) in [7, 11) is 0. The van der Waals surface area contributed by atoms with Gasteiger partial charge >= 0.3 is 5.97 Å². The molecule has 0 aliphatic heterocycles. The molecule has 0 amide bonds. The van der Waals surface area contributed by atoms with Crippen molar-refractivity contribution in [2.75, 3.05) is 0 Å². The number of aryl methyl sites for hydroxylation is 2. The normalized spacial score (nSPS) is 10.4. The van der Waals surface area contributed by atoms with Gasteiger partial charge in [0.05, 0.1) is 0 Å². The van der Waals surface area contributed by atoms with Crippen molar-refractivity contribution < 1.29 is 18.7 Å². The summed E-state index contributed by atoms with van der Waals surface area (Å²) in [5, 5.41) is 0. The Kier molecular flexibility index (Phi) is 5.74. The largest absolute Gasteiger partial charge is 0.486 e. The van der Waals surface area contributed by atoms with Crippen molar-refractivity contribution in [3.8, 4) is 11.5 Å². The summed E-state index contributed by atoms with van der Waals surface area (Å²) in [6.07, 6.45) is 1.07. The van der Waals surface area contributed by atoms with Gasteiger partial charge in [0.25, 0.3) is 0 Å². The maximum Gasteiger partial charge on any atom is 0.310 e. The second-order valence-electron chi connectivity index (χ2n) is 5.30. The number of carbonyl (C=O) groups excluding carboxylic acids is 1. The molecule has 0 heterocycles. The molecule has 0 saturated carbocycles. The van der Waals surface area contributed by atoms with E-state index < -0.39 is 5.82 Å². The van der Waals surface area contributed by atoms with E-state index in [0.29, 0.717) is 12.2 Å². The third-order valence-electron chi connectivity index (χ3n) is 3.58. The average molecular weight is 316 g/mol. The zero-order valence-corrected chi connectivity index (χ0v) is 13.7. The zero-order valence-electron chi connectivity index (χ0n) is 13.7. The van der Waals surface area contributed by atoms with Crippen LogP contribution < -0.4 is 9.47 Å². The highest BCUT2D eigenvalue weighted by molar-refractivity contribution is 5.72. The molecule has 0 spiro atoms. The van der Waals surface area contributed by atoms with Crippen molar-refractivity contribution in [1.82, 2.24) is 0 Å². The monoisotopic (exact) mass is 316 g/mol. The highest BCUT2D eigenvalue weighted by Gasteiger charge is 2.13. The molecule has 2 rings (SSSR count). The van der Waals surface area contributed by atoms with E-state index >= 15 is 0 Å². The van der Waals surface area contributed by atoms with Gasteiger partial charge in [0, 0.05) is 12.0 Å². The molecule has 0 aliphatic carbocycles. The van der Waals surface area contributed by atoms with Crippen LogP contribution in [-0.2, 0) is 17.8 Å². The van der Waals surface area contributed by atoms with Crippen molar-refractivity contribution >= 4 is 5.97 Å². The number of halogens is 1. The molecule has 0 radical (unpaired) electrons. The Bertz CT molecular complexity index is 695. The molecular weight excluding hydrogens is 295 g/mol. The number of ether oxygens (including phenoxy) is 2. The summed E-state index contributed by atoms with van der Waals surface area (Å²) in [6, 6.07) is 10.4. The molecule has 23 heavy (non-hydrogen) atoms. The number of esters is 1. The maximum absolute atomic E-state index is 13.9. The lowest BCUT2D eigenvalue weighted by molar-refractivity contribution is -0.134. The SMILES string of the molecule is CCC(=O)Oc1cccc(CC)c1COc1ccc(C)cc1F. The summed E-state index contributed by atoms with van der Waals surface area (Å²) in [6.45, 7) is 5.72. The lowest BCUT2D eigenvalue weighted by Crippen LogP contribution is -2.10. The van der Waals surface area contributed by atoms with E-state index in [1.54, 1.807) is 25.1 Å². The van der Waals surface area contributed by atoms with Crippen LogP contribution in [0.2, 0.25) is 0 Å². The Balaban J connectivity index is 2.24. The molecule has 2 aromatic rings. The van der Waals surface area contributed by atoms with Gasteiger partial charge in [-0.05, 0) is 42.7 Å². The molecular formula is C19H21FO3. The van der Waals surface area contributed by atoms with Gasteiger partial charge in [0.1, 0.15) is 12.4 Å². The first-order valence-electron chi connectivity index (χ1n) is 7.75. The molecule has 0 atom stereocenters. The predicted octanol–water partition coefficient (Wildman–Crippen LogP) is 4.59. The van der Waals surface area contributed by atoms with Gasteiger partial charge in [-0.1, -0.05) is 32.0 Å². The second-order valence-corrected chi connectivity index (χ2v) is 5.30. The van der Waals surface area contributed by atoms with Gasteiger partial charge in [-0.25, -0.2) is 4.39 Å². The van der Waals surface area contributed by atoms with E-state index in [2.05, 4.69) is 0 Å². The molecule has 0 bridgehead atoms. The lowest BCUT2D eigenvalue weighted by atomic mass is 10.0. The van der Waals surface area contributed by atoms with Crippen LogP contribution in [0.4, 0.5) is 4.39 Å². The molecule has 3 nitrogen and oxygen atoms in total.